The molecule has 0 aliphatic rings. The van der Waals surface area contributed by atoms with E-state index >= 15 is 0 Å². The molecule has 3 aromatic rings. The number of nitrogens with zero attached hydrogens (tertiary/aromatic N) is 1. The third-order valence-corrected chi connectivity index (χ3v) is 8.20. The quantitative estimate of drug-likeness (QED) is 0.212. The fraction of sp³-hybridized carbons (Fsp3) is 0.516. The van der Waals surface area contributed by atoms with E-state index in [4.69, 9.17) is 4.74 Å². The normalized spacial score (nSPS) is 13.5. The molecule has 0 spiro atoms. The molecule has 2 atom stereocenters. The topological polar surface area (TPSA) is 29.5 Å². The highest BCUT2D eigenvalue weighted by Crippen LogP contribution is 2.35. The van der Waals surface area contributed by atoms with Gasteiger partial charge in [0.2, 0.25) is 0 Å². The number of aryl methyl sites for hydroxylation is 1. The molecule has 0 fully saturated rings. The zero-order valence-corrected chi connectivity index (χ0v) is 23.3. The van der Waals surface area contributed by atoms with Crippen molar-refractivity contribution < 1.29 is 9.53 Å². The van der Waals surface area contributed by atoms with Crippen molar-refractivity contribution in [2.45, 2.75) is 73.3 Å². The minimum atomic E-state index is 0.0695. The van der Waals surface area contributed by atoms with E-state index in [-0.39, 0.29) is 5.78 Å². The van der Waals surface area contributed by atoms with Gasteiger partial charge in [0.25, 0.3) is 0 Å². The van der Waals surface area contributed by atoms with Gasteiger partial charge in [-0.2, -0.15) is 0 Å². The molecular weight excluding hydrogens is 450 g/mol. The number of ketones is 1. The van der Waals surface area contributed by atoms with Gasteiger partial charge in [-0.05, 0) is 68.8 Å². The number of ether oxygens (including phenoxy) is 1. The average Bonchev–Trinajstić information content (AvgIpc) is 3.23. The van der Waals surface area contributed by atoms with Gasteiger partial charge < -0.3 is 4.74 Å². The summed E-state index contributed by atoms with van der Waals surface area (Å²) in [5.74, 6) is 1.88. The highest BCUT2D eigenvalue weighted by Gasteiger charge is 2.27. The van der Waals surface area contributed by atoms with E-state index in [0.717, 1.165) is 41.8 Å². The Morgan fingerprint density at radius 2 is 1.60 bits per heavy atom. The number of hydrogen-bond donors (Lipinski definition) is 0. The van der Waals surface area contributed by atoms with Crippen LogP contribution in [0.4, 0.5) is 0 Å². The van der Waals surface area contributed by atoms with E-state index in [1.807, 2.05) is 36.4 Å². The monoisotopic (exact) mass is 493 g/mol. The summed E-state index contributed by atoms with van der Waals surface area (Å²) in [6.07, 6.45) is 4.18. The smallest absolute Gasteiger partial charge is 0.198 e. The summed E-state index contributed by atoms with van der Waals surface area (Å²) in [6.45, 7) is 16.6. The molecule has 0 amide bonds. The van der Waals surface area contributed by atoms with Crippen molar-refractivity contribution in [1.82, 2.24) is 4.90 Å². The Hall–Kier alpha value is -2.17. The molecule has 4 heteroatoms. The van der Waals surface area contributed by atoms with Gasteiger partial charge in [-0.3, -0.25) is 9.69 Å². The summed E-state index contributed by atoms with van der Waals surface area (Å²) in [5, 5.41) is 1.05. The number of carbonyl (C=O) groups is 1. The Morgan fingerprint density at radius 3 is 2.26 bits per heavy atom. The van der Waals surface area contributed by atoms with E-state index in [2.05, 4.69) is 58.6 Å². The van der Waals surface area contributed by atoms with Crippen LogP contribution in [0.2, 0.25) is 0 Å². The Kier molecular flexibility index (Phi) is 10.4. The summed E-state index contributed by atoms with van der Waals surface area (Å²) < 4.78 is 7.48. The molecular formula is C31H43NO2S. The lowest BCUT2D eigenvalue weighted by Crippen LogP contribution is -2.44. The van der Waals surface area contributed by atoms with Gasteiger partial charge in [0.1, 0.15) is 5.75 Å². The number of thiophene rings is 1. The van der Waals surface area contributed by atoms with Gasteiger partial charge in [0.15, 0.2) is 5.78 Å². The molecule has 2 unspecified atom stereocenters. The fourth-order valence-electron chi connectivity index (χ4n) is 5.46. The predicted molar refractivity (Wildman–Crippen MR) is 151 cm³/mol. The molecule has 0 N–H and O–H groups in total. The van der Waals surface area contributed by atoms with Crippen LogP contribution in [-0.4, -0.2) is 36.4 Å². The number of benzene rings is 2. The van der Waals surface area contributed by atoms with Crippen molar-refractivity contribution >= 4 is 27.2 Å². The van der Waals surface area contributed by atoms with Crippen LogP contribution in [-0.2, 0) is 6.42 Å². The largest absolute Gasteiger partial charge is 0.493 e. The summed E-state index contributed by atoms with van der Waals surface area (Å²) in [7, 11) is 0. The second kappa shape index (κ2) is 13.2. The third kappa shape index (κ3) is 6.54. The van der Waals surface area contributed by atoms with Crippen LogP contribution >= 0.6 is 11.3 Å². The van der Waals surface area contributed by atoms with Gasteiger partial charge in [0.05, 0.1) is 12.2 Å². The molecule has 2 aromatic carbocycles. The molecule has 1 heterocycles. The number of para-hydroxylation sites is 1. The van der Waals surface area contributed by atoms with Gasteiger partial charge >= 0.3 is 0 Å². The molecule has 0 aliphatic carbocycles. The maximum atomic E-state index is 13.8. The Morgan fingerprint density at radius 1 is 0.943 bits per heavy atom. The minimum Gasteiger partial charge on any atom is -0.493 e. The molecule has 190 valence electrons. The maximum absolute atomic E-state index is 13.8. The highest BCUT2D eigenvalue weighted by atomic mass is 32.1. The molecule has 0 radical (unpaired) electrons. The van der Waals surface area contributed by atoms with Crippen molar-refractivity contribution in [2.75, 3.05) is 19.7 Å². The average molecular weight is 494 g/mol. The van der Waals surface area contributed by atoms with Gasteiger partial charge in [-0.25, -0.2) is 0 Å². The van der Waals surface area contributed by atoms with Gasteiger partial charge in [-0.1, -0.05) is 71.9 Å². The molecule has 3 rings (SSSR count). The van der Waals surface area contributed by atoms with E-state index < -0.39 is 0 Å². The summed E-state index contributed by atoms with van der Waals surface area (Å²) in [6, 6.07) is 16.5. The van der Waals surface area contributed by atoms with E-state index in [9.17, 15) is 4.79 Å². The van der Waals surface area contributed by atoms with E-state index in [1.54, 1.807) is 11.3 Å². The van der Waals surface area contributed by atoms with Crippen LogP contribution in [0, 0.1) is 11.8 Å². The van der Waals surface area contributed by atoms with Crippen molar-refractivity contribution in [2.24, 2.45) is 11.8 Å². The standard InChI is InChI=1S/C31H43NO2S/c1-7-19-32(20-8-2)30(22(4)5)23(6)18-21-34-26-16-12-10-14-24(26)31(33)29-25-15-11-13-17-28(25)35-27(29)9-3/h10-17,22-23,30H,7-9,18-21H2,1-6H3. The maximum Gasteiger partial charge on any atom is 0.198 e. The van der Waals surface area contributed by atoms with Gasteiger partial charge in [-0.15, -0.1) is 11.3 Å². The molecule has 0 aliphatic heterocycles. The number of carbonyl (C=O) groups excluding carboxylic acids is 1. The Labute approximate surface area is 216 Å². The van der Waals surface area contributed by atoms with Crippen molar-refractivity contribution in [3.63, 3.8) is 0 Å². The van der Waals surface area contributed by atoms with Crippen LogP contribution in [0.1, 0.15) is 81.6 Å². The van der Waals surface area contributed by atoms with E-state index in [0.29, 0.717) is 35.8 Å². The second-order valence-corrected chi connectivity index (χ2v) is 11.1. The Balaban J connectivity index is 1.77. The summed E-state index contributed by atoms with van der Waals surface area (Å²) >= 11 is 1.72. The molecule has 3 nitrogen and oxygen atoms in total. The summed E-state index contributed by atoms with van der Waals surface area (Å²) in [4.78, 5) is 17.6. The zero-order chi connectivity index (χ0) is 25.4. The molecule has 0 saturated heterocycles. The summed E-state index contributed by atoms with van der Waals surface area (Å²) in [5.41, 5.74) is 1.50. The highest BCUT2D eigenvalue weighted by molar-refractivity contribution is 7.19. The first kappa shape index (κ1) is 27.4. The van der Waals surface area contributed by atoms with Crippen molar-refractivity contribution in [3.05, 3.63) is 64.5 Å². The van der Waals surface area contributed by atoms with E-state index in [1.165, 1.54) is 17.5 Å². The third-order valence-electron chi connectivity index (χ3n) is 6.89. The number of hydrogen-bond acceptors (Lipinski definition) is 4. The number of rotatable bonds is 14. The fourth-order valence-corrected chi connectivity index (χ4v) is 6.60. The van der Waals surface area contributed by atoms with Crippen molar-refractivity contribution in [3.8, 4) is 5.75 Å². The Bertz CT molecular complexity index is 1080. The number of fused-ring (bicyclic) bond motifs is 1. The SMILES string of the molecule is CCCN(CCC)C(C(C)C)C(C)CCOc1ccccc1C(=O)c1c(CC)sc2ccccc12. The van der Waals surface area contributed by atoms with Gasteiger partial charge in [0, 0.05) is 26.6 Å². The molecule has 0 bridgehead atoms. The molecule has 1 aromatic heterocycles. The molecule has 0 saturated carbocycles. The second-order valence-electron chi connectivity index (χ2n) is 9.96. The predicted octanol–water partition coefficient (Wildman–Crippen LogP) is 8.25. The first-order chi connectivity index (χ1) is 16.9. The van der Waals surface area contributed by atoms with Crippen LogP contribution < -0.4 is 4.74 Å². The first-order valence-corrected chi connectivity index (χ1v) is 14.2. The first-order valence-electron chi connectivity index (χ1n) is 13.4. The molecule has 35 heavy (non-hydrogen) atoms. The zero-order valence-electron chi connectivity index (χ0n) is 22.5. The van der Waals surface area contributed by atoms with Crippen molar-refractivity contribution in [1.29, 1.82) is 0 Å². The minimum absolute atomic E-state index is 0.0695. The lowest BCUT2D eigenvalue weighted by atomic mass is 9.88. The van der Waals surface area contributed by atoms with Crippen LogP contribution in [0.5, 0.6) is 5.75 Å². The van der Waals surface area contributed by atoms with Crippen LogP contribution in [0.25, 0.3) is 10.1 Å². The van der Waals surface area contributed by atoms with Crippen LogP contribution in [0.15, 0.2) is 48.5 Å². The lowest BCUT2D eigenvalue weighted by Gasteiger charge is -2.38. The lowest BCUT2D eigenvalue weighted by molar-refractivity contribution is 0.0949. The van der Waals surface area contributed by atoms with Crippen LogP contribution in [0.3, 0.4) is 0 Å².